The summed E-state index contributed by atoms with van der Waals surface area (Å²) in [5.41, 5.74) is 0.611. The number of anilines is 1. The summed E-state index contributed by atoms with van der Waals surface area (Å²) in [6.45, 7) is 0. The second-order valence-corrected chi connectivity index (χ2v) is 3.26. The maximum Gasteiger partial charge on any atom is 0.260 e. The van der Waals surface area contributed by atoms with Crippen LogP contribution in [0.25, 0.3) is 0 Å². The van der Waals surface area contributed by atoms with Gasteiger partial charge in [0.2, 0.25) is 0 Å². The van der Waals surface area contributed by atoms with Crippen LogP contribution in [0.3, 0.4) is 0 Å². The van der Waals surface area contributed by atoms with E-state index in [2.05, 4.69) is 20.4 Å². The highest BCUT2D eigenvalue weighted by atomic mass is 16.1. The van der Waals surface area contributed by atoms with Crippen LogP contribution < -0.4 is 5.32 Å². The lowest BCUT2D eigenvalue weighted by molar-refractivity contribution is 0.102. The van der Waals surface area contributed by atoms with Crippen LogP contribution in [0, 0.1) is 11.3 Å². The zero-order valence-corrected chi connectivity index (χ0v) is 8.95. The quantitative estimate of drug-likeness (QED) is 0.799. The second kappa shape index (κ2) is 4.40. The van der Waals surface area contributed by atoms with Gasteiger partial charge in [0.15, 0.2) is 5.82 Å². The largest absolute Gasteiger partial charge is 0.304 e. The van der Waals surface area contributed by atoms with Gasteiger partial charge in [-0.3, -0.25) is 9.48 Å². The topological polar surface area (TPSA) is 96.5 Å². The first-order valence-electron chi connectivity index (χ1n) is 4.71. The Hall–Kier alpha value is -2.75. The van der Waals surface area contributed by atoms with E-state index in [1.807, 2.05) is 6.07 Å². The Labute approximate surface area is 96.7 Å². The van der Waals surface area contributed by atoms with Crippen LogP contribution >= 0.6 is 0 Å². The maximum atomic E-state index is 11.7. The fourth-order valence-electron chi connectivity index (χ4n) is 1.26. The van der Waals surface area contributed by atoms with Crippen molar-refractivity contribution in [2.75, 3.05) is 5.32 Å². The third-order valence-corrected chi connectivity index (χ3v) is 2.00. The molecule has 0 atom stereocenters. The Morgan fingerprint density at radius 3 is 2.82 bits per heavy atom. The molecule has 0 spiro atoms. The van der Waals surface area contributed by atoms with Gasteiger partial charge in [-0.25, -0.2) is 9.97 Å². The first-order chi connectivity index (χ1) is 8.20. The standard InChI is InChI=1S/C10H8N6O/c1-16-5-7(2-11)9(15-16)14-10(17)8-3-12-6-13-4-8/h3-6H,1H3,(H,14,15,17). The normalized spacial score (nSPS) is 9.65. The second-order valence-electron chi connectivity index (χ2n) is 3.26. The zero-order valence-electron chi connectivity index (χ0n) is 8.95. The van der Waals surface area contributed by atoms with E-state index < -0.39 is 5.91 Å². The van der Waals surface area contributed by atoms with Crippen LogP contribution in [-0.2, 0) is 7.05 Å². The zero-order chi connectivity index (χ0) is 12.3. The fourth-order valence-corrected chi connectivity index (χ4v) is 1.26. The molecule has 0 aliphatic heterocycles. The number of nitriles is 1. The SMILES string of the molecule is Cn1cc(C#N)c(NC(=O)c2cncnc2)n1. The number of carbonyl (C=O) groups is 1. The molecule has 0 bridgehead atoms. The number of amides is 1. The number of nitrogens with one attached hydrogen (secondary N) is 1. The molecule has 2 heterocycles. The molecule has 0 radical (unpaired) electrons. The number of carbonyl (C=O) groups excluding carboxylic acids is 1. The Balaban J connectivity index is 2.22. The molecule has 0 unspecified atom stereocenters. The minimum Gasteiger partial charge on any atom is -0.304 e. The van der Waals surface area contributed by atoms with Crippen LogP contribution in [0.1, 0.15) is 15.9 Å². The van der Waals surface area contributed by atoms with Crippen molar-refractivity contribution in [2.45, 2.75) is 0 Å². The van der Waals surface area contributed by atoms with Gasteiger partial charge in [-0.15, -0.1) is 0 Å². The Morgan fingerprint density at radius 2 is 2.18 bits per heavy atom. The molecular weight excluding hydrogens is 220 g/mol. The van der Waals surface area contributed by atoms with Gasteiger partial charge in [0, 0.05) is 25.6 Å². The van der Waals surface area contributed by atoms with Crippen LogP contribution in [-0.4, -0.2) is 25.7 Å². The number of aromatic nitrogens is 4. The van der Waals surface area contributed by atoms with E-state index in [-0.39, 0.29) is 5.82 Å². The third kappa shape index (κ3) is 2.26. The summed E-state index contributed by atoms with van der Waals surface area (Å²) in [4.78, 5) is 19.2. The predicted molar refractivity (Wildman–Crippen MR) is 57.9 cm³/mol. The molecule has 1 amide bonds. The van der Waals surface area contributed by atoms with Gasteiger partial charge in [-0.1, -0.05) is 0 Å². The molecule has 17 heavy (non-hydrogen) atoms. The molecule has 1 N–H and O–H groups in total. The fraction of sp³-hybridized carbons (Fsp3) is 0.100. The lowest BCUT2D eigenvalue weighted by atomic mass is 10.3. The summed E-state index contributed by atoms with van der Waals surface area (Å²) in [6, 6.07) is 1.94. The van der Waals surface area contributed by atoms with Crippen molar-refractivity contribution in [3.05, 3.63) is 36.0 Å². The number of aryl methyl sites for hydroxylation is 1. The van der Waals surface area contributed by atoms with Crippen LogP contribution in [0.15, 0.2) is 24.9 Å². The molecule has 0 aliphatic rings. The summed E-state index contributed by atoms with van der Waals surface area (Å²) in [7, 11) is 1.67. The maximum absolute atomic E-state index is 11.7. The Kier molecular flexibility index (Phi) is 2.79. The molecule has 2 aromatic heterocycles. The van der Waals surface area contributed by atoms with Crippen molar-refractivity contribution >= 4 is 11.7 Å². The van der Waals surface area contributed by atoms with Gasteiger partial charge in [-0.05, 0) is 0 Å². The molecule has 0 aromatic carbocycles. The minimum absolute atomic E-state index is 0.226. The number of rotatable bonds is 2. The van der Waals surface area contributed by atoms with Gasteiger partial charge in [0.05, 0.1) is 5.56 Å². The van der Waals surface area contributed by atoms with Gasteiger partial charge < -0.3 is 5.32 Å². The van der Waals surface area contributed by atoms with E-state index in [0.29, 0.717) is 11.1 Å². The van der Waals surface area contributed by atoms with E-state index in [9.17, 15) is 4.79 Å². The predicted octanol–water partition coefficient (Wildman–Crippen LogP) is 0.334. The average Bonchev–Trinajstić information content (AvgIpc) is 2.70. The van der Waals surface area contributed by atoms with E-state index in [1.54, 1.807) is 7.05 Å². The first-order valence-corrected chi connectivity index (χ1v) is 4.71. The molecule has 0 aliphatic carbocycles. The van der Waals surface area contributed by atoms with Crippen molar-refractivity contribution in [1.82, 2.24) is 19.7 Å². The van der Waals surface area contributed by atoms with Crippen LogP contribution in [0.5, 0.6) is 0 Å². The highest BCUT2D eigenvalue weighted by Crippen LogP contribution is 2.11. The van der Waals surface area contributed by atoms with Crippen LogP contribution in [0.4, 0.5) is 5.82 Å². The molecule has 2 rings (SSSR count). The monoisotopic (exact) mass is 228 g/mol. The average molecular weight is 228 g/mol. The van der Waals surface area contributed by atoms with Crippen molar-refractivity contribution in [2.24, 2.45) is 7.05 Å². The number of nitrogens with zero attached hydrogens (tertiary/aromatic N) is 5. The van der Waals surface area contributed by atoms with Crippen molar-refractivity contribution in [1.29, 1.82) is 5.26 Å². The molecule has 7 nitrogen and oxygen atoms in total. The smallest absolute Gasteiger partial charge is 0.260 e. The van der Waals surface area contributed by atoms with E-state index in [0.717, 1.165) is 0 Å². The first kappa shape index (κ1) is 10.8. The van der Waals surface area contributed by atoms with E-state index >= 15 is 0 Å². The molecule has 0 saturated carbocycles. The van der Waals surface area contributed by atoms with E-state index in [1.165, 1.54) is 29.6 Å². The molecular formula is C10H8N6O. The lowest BCUT2D eigenvalue weighted by Gasteiger charge is -2.00. The summed E-state index contributed by atoms with van der Waals surface area (Å²) in [5, 5.41) is 15.3. The van der Waals surface area contributed by atoms with E-state index in [4.69, 9.17) is 5.26 Å². The number of hydrogen-bond donors (Lipinski definition) is 1. The summed E-state index contributed by atoms with van der Waals surface area (Å²) in [5.74, 6) is -0.176. The van der Waals surface area contributed by atoms with Gasteiger partial charge >= 0.3 is 0 Å². The van der Waals surface area contributed by atoms with Crippen LogP contribution in [0.2, 0.25) is 0 Å². The van der Waals surface area contributed by atoms with Crippen molar-refractivity contribution < 1.29 is 4.79 Å². The molecule has 84 valence electrons. The molecule has 0 saturated heterocycles. The summed E-state index contributed by atoms with van der Waals surface area (Å²) >= 11 is 0. The van der Waals surface area contributed by atoms with Gasteiger partial charge in [0.25, 0.3) is 5.91 Å². The molecule has 7 heteroatoms. The number of hydrogen-bond acceptors (Lipinski definition) is 5. The summed E-state index contributed by atoms with van der Waals surface area (Å²) in [6.07, 6.45) is 5.63. The lowest BCUT2D eigenvalue weighted by Crippen LogP contribution is -2.13. The Bertz CT molecular complexity index is 583. The van der Waals surface area contributed by atoms with Crippen molar-refractivity contribution in [3.8, 4) is 6.07 Å². The molecule has 0 fully saturated rings. The minimum atomic E-state index is -0.402. The van der Waals surface area contributed by atoms with Gasteiger partial charge in [-0.2, -0.15) is 10.4 Å². The summed E-state index contributed by atoms with van der Waals surface area (Å²) < 4.78 is 1.45. The molecule has 2 aromatic rings. The Morgan fingerprint density at radius 1 is 1.47 bits per heavy atom. The highest BCUT2D eigenvalue weighted by Gasteiger charge is 2.12. The highest BCUT2D eigenvalue weighted by molar-refractivity contribution is 6.03. The van der Waals surface area contributed by atoms with Crippen molar-refractivity contribution in [3.63, 3.8) is 0 Å². The third-order valence-electron chi connectivity index (χ3n) is 2.00. The van der Waals surface area contributed by atoms with Gasteiger partial charge in [0.1, 0.15) is 18.0 Å².